The van der Waals surface area contributed by atoms with E-state index in [1.165, 1.54) is 0 Å². The lowest BCUT2D eigenvalue weighted by Gasteiger charge is -2.29. The van der Waals surface area contributed by atoms with Crippen LogP contribution >= 0.6 is 22.9 Å². The number of hydrogen-bond acceptors (Lipinski definition) is 5. The van der Waals surface area contributed by atoms with Crippen LogP contribution in [0, 0.1) is 11.6 Å². The molecule has 124 valence electrons. The molecule has 0 aliphatic carbocycles. The summed E-state index contributed by atoms with van der Waals surface area (Å²) in [6.45, 7) is 3.33. The zero-order chi connectivity index (χ0) is 16.7. The molecule has 0 atom stereocenters. The first-order valence-corrected chi connectivity index (χ1v) is 8.75. The highest BCUT2D eigenvalue weighted by Crippen LogP contribution is 2.33. The minimum absolute atomic E-state index is 0.0152. The molecule has 1 N–H and O–H groups in total. The van der Waals surface area contributed by atoms with E-state index in [1.54, 1.807) is 11.3 Å². The van der Waals surface area contributed by atoms with Crippen LogP contribution in [-0.2, 0) is 0 Å². The number of thiophene rings is 1. The van der Waals surface area contributed by atoms with E-state index in [4.69, 9.17) is 11.6 Å². The van der Waals surface area contributed by atoms with Gasteiger partial charge >= 0.3 is 0 Å². The summed E-state index contributed by atoms with van der Waals surface area (Å²) in [6, 6.07) is 3.87. The highest BCUT2D eigenvalue weighted by molar-refractivity contribution is 7.17. The molecule has 0 spiro atoms. The van der Waals surface area contributed by atoms with Gasteiger partial charge in [-0.3, -0.25) is 0 Å². The average Bonchev–Trinajstić information content (AvgIpc) is 3.06. The molecule has 1 aliphatic rings. The molecular weight excluding hydrogens is 354 g/mol. The molecule has 0 radical (unpaired) electrons. The quantitative estimate of drug-likeness (QED) is 0.702. The number of benzene rings is 1. The minimum atomic E-state index is -0.689. The van der Waals surface area contributed by atoms with Crippen LogP contribution in [0.4, 0.5) is 14.6 Å². The molecule has 4 rings (SSSR count). The third kappa shape index (κ3) is 2.72. The van der Waals surface area contributed by atoms with Crippen LogP contribution in [0.15, 0.2) is 23.6 Å². The summed E-state index contributed by atoms with van der Waals surface area (Å²) in [5.74, 6) is -0.392. The third-order valence-electron chi connectivity index (χ3n) is 3.95. The summed E-state index contributed by atoms with van der Waals surface area (Å²) in [5.41, 5.74) is 0.745. The fourth-order valence-corrected chi connectivity index (χ4v) is 3.75. The molecule has 1 aliphatic heterocycles. The summed E-state index contributed by atoms with van der Waals surface area (Å²) in [6.07, 6.45) is 0. The predicted molar refractivity (Wildman–Crippen MR) is 92.9 cm³/mol. The maximum Gasteiger partial charge on any atom is 0.165 e. The first kappa shape index (κ1) is 15.7. The van der Waals surface area contributed by atoms with Crippen LogP contribution in [0.2, 0.25) is 5.02 Å². The van der Waals surface area contributed by atoms with Gasteiger partial charge in [-0.05, 0) is 23.6 Å². The smallest absolute Gasteiger partial charge is 0.165 e. The second-order valence-electron chi connectivity index (χ2n) is 5.49. The lowest BCUT2D eigenvalue weighted by molar-refractivity contribution is 0.586. The SMILES string of the molecule is Fc1cc(-c2nc(N3CCNCC3)c3sccc3n2)c(F)cc1Cl. The molecule has 3 heterocycles. The fourth-order valence-electron chi connectivity index (χ4n) is 2.75. The van der Waals surface area contributed by atoms with Crippen molar-refractivity contribution in [3.8, 4) is 11.4 Å². The zero-order valence-electron chi connectivity index (χ0n) is 12.5. The highest BCUT2D eigenvalue weighted by atomic mass is 35.5. The minimum Gasteiger partial charge on any atom is -0.353 e. The topological polar surface area (TPSA) is 41.1 Å². The summed E-state index contributed by atoms with van der Waals surface area (Å²) in [4.78, 5) is 11.1. The summed E-state index contributed by atoms with van der Waals surface area (Å²) >= 11 is 7.18. The Hall–Kier alpha value is -1.83. The molecule has 0 amide bonds. The first-order chi connectivity index (χ1) is 11.6. The van der Waals surface area contributed by atoms with Crippen molar-refractivity contribution in [2.75, 3.05) is 31.1 Å². The number of anilines is 1. The van der Waals surface area contributed by atoms with Crippen LogP contribution in [0.5, 0.6) is 0 Å². The molecule has 24 heavy (non-hydrogen) atoms. The van der Waals surface area contributed by atoms with Gasteiger partial charge in [0.25, 0.3) is 0 Å². The Labute approximate surface area is 146 Å². The summed E-state index contributed by atoms with van der Waals surface area (Å²) < 4.78 is 29.0. The van der Waals surface area contributed by atoms with Crippen molar-refractivity contribution in [1.29, 1.82) is 0 Å². The Morgan fingerprint density at radius 3 is 2.71 bits per heavy atom. The first-order valence-electron chi connectivity index (χ1n) is 7.49. The van der Waals surface area contributed by atoms with Gasteiger partial charge in [-0.2, -0.15) is 0 Å². The largest absolute Gasteiger partial charge is 0.353 e. The maximum absolute atomic E-state index is 14.3. The van der Waals surface area contributed by atoms with Crippen molar-refractivity contribution < 1.29 is 8.78 Å². The summed E-state index contributed by atoms with van der Waals surface area (Å²) in [7, 11) is 0. The normalized spacial score (nSPS) is 15.2. The number of halogens is 3. The van der Waals surface area contributed by atoms with E-state index in [1.807, 2.05) is 11.4 Å². The molecule has 0 saturated carbocycles. The van der Waals surface area contributed by atoms with E-state index in [-0.39, 0.29) is 16.4 Å². The molecule has 2 aromatic heterocycles. The van der Waals surface area contributed by atoms with Crippen molar-refractivity contribution in [2.24, 2.45) is 0 Å². The van der Waals surface area contributed by atoms with E-state index in [2.05, 4.69) is 20.2 Å². The third-order valence-corrected chi connectivity index (χ3v) is 5.14. The van der Waals surface area contributed by atoms with Crippen LogP contribution in [0.1, 0.15) is 0 Å². The molecule has 1 aromatic carbocycles. The van der Waals surface area contributed by atoms with Crippen LogP contribution in [0.25, 0.3) is 21.6 Å². The zero-order valence-corrected chi connectivity index (χ0v) is 14.1. The molecule has 1 fully saturated rings. The predicted octanol–water partition coefficient (Wildman–Crippen LogP) is 3.70. The number of fused-ring (bicyclic) bond motifs is 1. The Morgan fingerprint density at radius 1 is 1.12 bits per heavy atom. The van der Waals surface area contributed by atoms with Crippen molar-refractivity contribution in [3.63, 3.8) is 0 Å². The van der Waals surface area contributed by atoms with E-state index >= 15 is 0 Å². The van der Waals surface area contributed by atoms with Crippen molar-refractivity contribution in [3.05, 3.63) is 40.2 Å². The molecule has 0 unspecified atom stereocenters. The van der Waals surface area contributed by atoms with Gasteiger partial charge in [-0.25, -0.2) is 18.7 Å². The highest BCUT2D eigenvalue weighted by Gasteiger charge is 2.20. The average molecular weight is 367 g/mol. The maximum atomic E-state index is 14.3. The standard InChI is InChI=1S/C16H13ClF2N4S/c17-10-8-11(18)9(7-12(10)19)15-21-13-1-6-24-14(13)16(22-15)23-4-2-20-3-5-23/h1,6-8,20H,2-5H2. The molecule has 8 heteroatoms. The lowest BCUT2D eigenvalue weighted by Crippen LogP contribution is -2.44. The van der Waals surface area contributed by atoms with Crippen molar-refractivity contribution in [1.82, 2.24) is 15.3 Å². The lowest BCUT2D eigenvalue weighted by atomic mass is 10.2. The Bertz CT molecular complexity index is 908. The Kier molecular flexibility index (Phi) is 4.07. The number of nitrogens with one attached hydrogen (secondary N) is 1. The molecule has 3 aromatic rings. The molecular formula is C16H13ClF2N4S. The summed E-state index contributed by atoms with van der Waals surface area (Å²) in [5, 5.41) is 4.96. The van der Waals surface area contributed by atoms with Crippen molar-refractivity contribution >= 4 is 39.0 Å². The fraction of sp³-hybridized carbons (Fsp3) is 0.250. The van der Waals surface area contributed by atoms with Gasteiger partial charge in [0.1, 0.15) is 11.6 Å². The van der Waals surface area contributed by atoms with Gasteiger partial charge in [-0.15, -0.1) is 11.3 Å². The van der Waals surface area contributed by atoms with Gasteiger partial charge in [-0.1, -0.05) is 11.6 Å². The van der Waals surface area contributed by atoms with Crippen LogP contribution in [0.3, 0.4) is 0 Å². The number of piperazine rings is 1. The number of hydrogen-bond donors (Lipinski definition) is 1. The Balaban J connectivity index is 1.89. The Morgan fingerprint density at radius 2 is 1.92 bits per heavy atom. The monoisotopic (exact) mass is 366 g/mol. The van der Waals surface area contributed by atoms with Gasteiger partial charge in [0, 0.05) is 26.2 Å². The molecule has 4 nitrogen and oxygen atoms in total. The van der Waals surface area contributed by atoms with Gasteiger partial charge < -0.3 is 10.2 Å². The van der Waals surface area contributed by atoms with E-state index in [0.29, 0.717) is 0 Å². The van der Waals surface area contributed by atoms with Crippen molar-refractivity contribution in [2.45, 2.75) is 0 Å². The second kappa shape index (κ2) is 6.23. The van der Waals surface area contributed by atoms with E-state index in [9.17, 15) is 8.78 Å². The van der Waals surface area contributed by atoms with Crippen LogP contribution < -0.4 is 10.2 Å². The van der Waals surface area contributed by atoms with Crippen LogP contribution in [-0.4, -0.2) is 36.1 Å². The molecule has 1 saturated heterocycles. The van der Waals surface area contributed by atoms with E-state index < -0.39 is 11.6 Å². The number of rotatable bonds is 2. The van der Waals surface area contributed by atoms with Gasteiger partial charge in [0.05, 0.1) is 20.8 Å². The molecule has 0 bridgehead atoms. The second-order valence-corrected chi connectivity index (χ2v) is 6.81. The van der Waals surface area contributed by atoms with Gasteiger partial charge in [0.15, 0.2) is 11.6 Å². The van der Waals surface area contributed by atoms with E-state index in [0.717, 1.165) is 54.3 Å². The number of aromatic nitrogens is 2. The number of nitrogens with zero attached hydrogens (tertiary/aromatic N) is 3. The van der Waals surface area contributed by atoms with Gasteiger partial charge in [0.2, 0.25) is 0 Å².